The van der Waals surface area contributed by atoms with Gasteiger partial charge in [0.15, 0.2) is 11.6 Å². The number of carbonyl (C=O) groups excluding carboxylic acids is 2. The van der Waals surface area contributed by atoms with Crippen LogP contribution in [0.1, 0.15) is 71.2 Å². The van der Waals surface area contributed by atoms with Gasteiger partial charge in [-0.05, 0) is 53.9 Å². The first kappa shape index (κ1) is 51.1. The fourth-order valence-electron chi connectivity index (χ4n) is 1.35. The van der Waals surface area contributed by atoms with Crippen LogP contribution in [0.3, 0.4) is 0 Å². The minimum atomic E-state index is -0.0124. The average Bonchev–Trinajstić information content (AvgIpc) is 2.50. The van der Waals surface area contributed by atoms with E-state index in [-0.39, 0.29) is 69.3 Å². The zero-order valence-electron chi connectivity index (χ0n) is 15.1. The van der Waals surface area contributed by atoms with Gasteiger partial charge in [-0.15, -0.1) is 0 Å². The summed E-state index contributed by atoms with van der Waals surface area (Å²) in [6.45, 7) is 7.70. The van der Waals surface area contributed by atoms with E-state index < -0.39 is 0 Å². The molecular formula is C22H58N2O5. The number of hydrogen-bond acceptors (Lipinski definition) is 7. The number of rotatable bonds is 15. The standard InChI is InChI=1S/C8H20N2O.C8H14O4.6CH4/c1-9-5-3-7-11-8-4-6-10-2;1-7(9)5-11-3-4-12-6-8(2)10;;;;;;/h9-10H,3-8H2,1-2H3;3-6H2,1-2H3;6*1H4. The van der Waals surface area contributed by atoms with Crippen molar-refractivity contribution in [1.82, 2.24) is 10.6 Å². The van der Waals surface area contributed by atoms with E-state index in [1.165, 1.54) is 13.8 Å². The van der Waals surface area contributed by atoms with Gasteiger partial charge in [0.05, 0.1) is 13.2 Å². The molecule has 0 rings (SSSR count). The first-order valence-electron chi connectivity index (χ1n) is 8.05. The predicted octanol–water partition coefficient (Wildman–Crippen LogP) is 4.24. The van der Waals surface area contributed by atoms with E-state index in [1.807, 2.05) is 14.1 Å². The Kier molecular flexibility index (Phi) is 80.6. The van der Waals surface area contributed by atoms with Gasteiger partial charge >= 0.3 is 0 Å². The highest BCUT2D eigenvalue weighted by Gasteiger charge is 1.94. The smallest absolute Gasteiger partial charge is 0.155 e. The van der Waals surface area contributed by atoms with Gasteiger partial charge in [-0.1, -0.05) is 44.6 Å². The van der Waals surface area contributed by atoms with Crippen molar-refractivity contribution in [3.05, 3.63) is 0 Å². The first-order valence-corrected chi connectivity index (χ1v) is 8.05. The number of ether oxygens (including phenoxy) is 3. The molecule has 0 heterocycles. The number of nitrogens with one attached hydrogen (secondary N) is 2. The number of Topliss-reactive ketones (excluding diaryl/α,β-unsaturated/α-hetero) is 2. The third-order valence-corrected chi connectivity index (χ3v) is 2.41. The molecule has 0 amide bonds. The summed E-state index contributed by atoms with van der Waals surface area (Å²) in [5.74, 6) is -0.0249. The van der Waals surface area contributed by atoms with Gasteiger partial charge in [-0.25, -0.2) is 0 Å². The highest BCUT2D eigenvalue weighted by molar-refractivity contribution is 5.77. The Morgan fingerprint density at radius 3 is 1.14 bits per heavy atom. The molecule has 0 aromatic rings. The van der Waals surface area contributed by atoms with Crippen LogP contribution in [0.5, 0.6) is 0 Å². The zero-order chi connectivity index (χ0) is 17.8. The van der Waals surface area contributed by atoms with Crippen LogP contribution in [0.2, 0.25) is 0 Å². The van der Waals surface area contributed by atoms with Gasteiger partial charge in [0.25, 0.3) is 0 Å². The highest BCUT2D eigenvalue weighted by Crippen LogP contribution is 1.83. The van der Waals surface area contributed by atoms with E-state index in [2.05, 4.69) is 10.6 Å². The summed E-state index contributed by atoms with van der Waals surface area (Å²) in [5, 5.41) is 6.15. The molecule has 0 aliphatic rings. The van der Waals surface area contributed by atoms with Gasteiger partial charge in [-0.2, -0.15) is 0 Å². The minimum Gasteiger partial charge on any atom is -0.381 e. The second kappa shape index (κ2) is 45.7. The fourth-order valence-corrected chi connectivity index (χ4v) is 1.35. The van der Waals surface area contributed by atoms with Crippen molar-refractivity contribution in [2.45, 2.75) is 71.2 Å². The maximum atomic E-state index is 10.4. The van der Waals surface area contributed by atoms with E-state index in [4.69, 9.17) is 14.2 Å². The number of hydrogen-bond donors (Lipinski definition) is 2. The lowest BCUT2D eigenvalue weighted by molar-refractivity contribution is -0.124. The monoisotopic (exact) mass is 430 g/mol. The minimum absolute atomic E-state index is 0. The topological polar surface area (TPSA) is 85.9 Å². The van der Waals surface area contributed by atoms with Crippen molar-refractivity contribution in [2.24, 2.45) is 0 Å². The SMILES string of the molecule is C.C.C.C.C.C.CC(=O)COCCOCC(C)=O.CNCCCOCCCNC. The van der Waals surface area contributed by atoms with E-state index in [0.29, 0.717) is 13.2 Å². The van der Waals surface area contributed by atoms with Crippen molar-refractivity contribution in [3.63, 3.8) is 0 Å². The molecule has 7 nitrogen and oxygen atoms in total. The molecule has 0 spiro atoms. The molecular weight excluding hydrogens is 372 g/mol. The molecule has 2 N–H and O–H groups in total. The third-order valence-electron chi connectivity index (χ3n) is 2.41. The lowest BCUT2D eigenvalue weighted by Crippen LogP contribution is -2.13. The Hall–Kier alpha value is -0.860. The van der Waals surface area contributed by atoms with Gasteiger partial charge in [0, 0.05) is 13.2 Å². The second-order valence-electron chi connectivity index (χ2n) is 5.04. The average molecular weight is 431 g/mol. The number of carbonyl (C=O) groups is 2. The van der Waals surface area contributed by atoms with Crippen molar-refractivity contribution in [2.75, 3.05) is 66.8 Å². The van der Waals surface area contributed by atoms with Crippen LogP contribution < -0.4 is 10.6 Å². The summed E-state index contributed by atoms with van der Waals surface area (Å²) < 4.78 is 15.1. The first-order chi connectivity index (χ1) is 11.0. The van der Waals surface area contributed by atoms with E-state index >= 15 is 0 Å². The van der Waals surface area contributed by atoms with Crippen LogP contribution in [0, 0.1) is 0 Å². The molecule has 0 aromatic heterocycles. The van der Waals surface area contributed by atoms with Crippen molar-refractivity contribution in [3.8, 4) is 0 Å². The summed E-state index contributed by atoms with van der Waals surface area (Å²) >= 11 is 0. The summed E-state index contributed by atoms with van der Waals surface area (Å²) in [5.41, 5.74) is 0. The molecule has 0 bridgehead atoms. The molecule has 0 atom stereocenters. The Labute approximate surface area is 184 Å². The molecule has 0 aliphatic heterocycles. The van der Waals surface area contributed by atoms with Crippen LogP contribution >= 0.6 is 0 Å². The Balaban J connectivity index is -0.0000000421. The van der Waals surface area contributed by atoms with Crippen LogP contribution in [-0.4, -0.2) is 78.4 Å². The molecule has 0 radical (unpaired) electrons. The molecule has 7 heteroatoms. The Morgan fingerprint density at radius 1 is 0.586 bits per heavy atom. The quantitative estimate of drug-likeness (QED) is 0.376. The fraction of sp³-hybridized carbons (Fsp3) is 0.909. The molecule has 0 saturated carbocycles. The second-order valence-corrected chi connectivity index (χ2v) is 5.04. The lowest BCUT2D eigenvalue weighted by Gasteiger charge is -2.02. The molecule has 0 aromatic carbocycles. The van der Waals surface area contributed by atoms with Gasteiger partial charge < -0.3 is 24.8 Å². The zero-order valence-corrected chi connectivity index (χ0v) is 15.1. The molecule has 0 aliphatic carbocycles. The van der Waals surface area contributed by atoms with Gasteiger partial charge in [0.1, 0.15) is 13.2 Å². The van der Waals surface area contributed by atoms with Crippen molar-refractivity contribution < 1.29 is 23.8 Å². The van der Waals surface area contributed by atoms with Crippen LogP contribution in [-0.2, 0) is 23.8 Å². The summed E-state index contributed by atoms with van der Waals surface area (Å²) in [6, 6.07) is 0. The van der Waals surface area contributed by atoms with E-state index in [0.717, 1.165) is 39.1 Å². The third kappa shape index (κ3) is 65.8. The molecule has 29 heavy (non-hydrogen) atoms. The van der Waals surface area contributed by atoms with E-state index in [9.17, 15) is 9.59 Å². The lowest BCUT2D eigenvalue weighted by atomic mass is 10.4. The van der Waals surface area contributed by atoms with Crippen molar-refractivity contribution in [1.29, 1.82) is 0 Å². The van der Waals surface area contributed by atoms with Gasteiger partial charge in [0.2, 0.25) is 0 Å². The van der Waals surface area contributed by atoms with Crippen molar-refractivity contribution >= 4 is 11.6 Å². The molecule has 0 saturated heterocycles. The van der Waals surface area contributed by atoms with E-state index in [1.54, 1.807) is 0 Å². The molecule has 0 fully saturated rings. The summed E-state index contributed by atoms with van der Waals surface area (Å²) in [6.07, 6.45) is 2.21. The normalized spacial score (nSPS) is 8.00. The molecule has 0 unspecified atom stereocenters. The van der Waals surface area contributed by atoms with Crippen LogP contribution in [0.4, 0.5) is 0 Å². The van der Waals surface area contributed by atoms with Crippen LogP contribution in [0.25, 0.3) is 0 Å². The maximum absolute atomic E-state index is 10.4. The summed E-state index contributed by atoms with van der Waals surface area (Å²) in [4.78, 5) is 20.7. The Morgan fingerprint density at radius 2 is 0.897 bits per heavy atom. The largest absolute Gasteiger partial charge is 0.381 e. The highest BCUT2D eigenvalue weighted by atomic mass is 16.5. The predicted molar refractivity (Wildman–Crippen MR) is 131 cm³/mol. The van der Waals surface area contributed by atoms with Crippen LogP contribution in [0.15, 0.2) is 0 Å². The maximum Gasteiger partial charge on any atom is 0.155 e. The summed E-state index contributed by atoms with van der Waals surface area (Å²) in [7, 11) is 3.92. The number of ketones is 2. The molecule has 186 valence electrons. The van der Waals surface area contributed by atoms with Gasteiger partial charge in [-0.3, -0.25) is 9.59 Å². The Bertz CT molecular complexity index is 252.